The molecule has 9 aromatic carbocycles. The highest BCUT2D eigenvalue weighted by Gasteiger charge is 2.28. The molecule has 0 aromatic heterocycles. The third-order valence-corrected chi connectivity index (χ3v) is 13.9. The molecule has 0 unspecified atom stereocenters. The molecule has 0 saturated carbocycles. The first-order valence-electron chi connectivity index (χ1n) is 20.0. The van der Waals surface area contributed by atoms with Crippen molar-refractivity contribution in [2.24, 2.45) is 0 Å². The van der Waals surface area contributed by atoms with Gasteiger partial charge in [0.1, 0.15) is 11.5 Å². The van der Waals surface area contributed by atoms with Gasteiger partial charge in [0.15, 0.2) is 0 Å². The summed E-state index contributed by atoms with van der Waals surface area (Å²) >= 11 is 0. The van der Waals surface area contributed by atoms with Gasteiger partial charge in [-0.05, 0) is 94.9 Å². The zero-order valence-corrected chi connectivity index (χ0v) is 34.2. The quantitative estimate of drug-likeness (QED) is 0.119. The van der Waals surface area contributed by atoms with Gasteiger partial charge in [0.25, 0.3) is 0 Å². The molecule has 0 aliphatic carbocycles. The molecule has 1 aliphatic rings. The van der Waals surface area contributed by atoms with E-state index in [2.05, 4.69) is 214 Å². The van der Waals surface area contributed by atoms with E-state index >= 15 is 0 Å². The molecule has 0 amide bonds. The number of rotatable bonds is 7. The molecule has 0 fully saturated rings. The van der Waals surface area contributed by atoms with Crippen LogP contribution >= 0.6 is 0 Å². The van der Waals surface area contributed by atoms with Gasteiger partial charge < -0.3 is 9.64 Å². The van der Waals surface area contributed by atoms with Gasteiger partial charge in [-0.15, -0.1) is 0 Å². The van der Waals surface area contributed by atoms with Gasteiger partial charge in [-0.2, -0.15) is 0 Å². The molecule has 0 spiro atoms. The normalized spacial score (nSPS) is 12.1. The van der Waals surface area contributed by atoms with Gasteiger partial charge in [0.05, 0.1) is 8.07 Å². The van der Waals surface area contributed by atoms with Crippen molar-refractivity contribution in [1.29, 1.82) is 0 Å². The maximum absolute atomic E-state index is 6.93. The lowest BCUT2D eigenvalue weighted by atomic mass is 9.36. The molecule has 4 heteroatoms. The van der Waals surface area contributed by atoms with E-state index in [9.17, 15) is 0 Å². The predicted molar refractivity (Wildman–Crippen MR) is 249 cm³/mol. The number of nitrogens with zero attached hydrogens (tertiary/aromatic N) is 1. The lowest BCUT2D eigenvalue weighted by Crippen LogP contribution is -2.52. The molecule has 2 nitrogen and oxygen atoms in total. The molecule has 0 bridgehead atoms. The van der Waals surface area contributed by atoms with Crippen molar-refractivity contribution in [1.82, 2.24) is 0 Å². The van der Waals surface area contributed by atoms with Crippen LogP contribution in [0.5, 0.6) is 11.5 Å². The van der Waals surface area contributed by atoms with E-state index in [-0.39, 0.29) is 6.71 Å². The summed E-state index contributed by atoms with van der Waals surface area (Å²) in [6.07, 6.45) is 0. The van der Waals surface area contributed by atoms with Crippen LogP contribution in [0, 0.1) is 13.8 Å². The summed E-state index contributed by atoms with van der Waals surface area (Å²) in [6.45, 7) is 11.6. The maximum Gasteiger partial charge on any atom is 0.242 e. The molecule has 274 valence electrons. The largest absolute Gasteiger partial charge is 0.456 e. The molecule has 9 aromatic rings. The molecule has 0 atom stereocenters. The van der Waals surface area contributed by atoms with Crippen LogP contribution in [0.4, 0.5) is 17.1 Å². The van der Waals surface area contributed by atoms with Gasteiger partial charge in [-0.25, -0.2) is 0 Å². The van der Waals surface area contributed by atoms with Crippen molar-refractivity contribution in [3.8, 4) is 22.6 Å². The first-order valence-corrected chi connectivity index (χ1v) is 23.5. The number of aryl methyl sites for hydroxylation is 2. The molecule has 0 N–H and O–H groups in total. The smallest absolute Gasteiger partial charge is 0.242 e. The van der Waals surface area contributed by atoms with E-state index in [1.165, 1.54) is 65.2 Å². The van der Waals surface area contributed by atoms with Crippen molar-refractivity contribution >= 4 is 85.7 Å². The van der Waals surface area contributed by atoms with E-state index in [0.29, 0.717) is 0 Å². The van der Waals surface area contributed by atoms with Crippen molar-refractivity contribution in [3.05, 3.63) is 187 Å². The maximum atomic E-state index is 6.93. The fraction of sp³-hybridized carbons (Fsp3) is 0.0943. The van der Waals surface area contributed by atoms with E-state index in [4.69, 9.17) is 4.74 Å². The van der Waals surface area contributed by atoms with Crippen molar-refractivity contribution in [2.75, 3.05) is 4.90 Å². The molecule has 1 heterocycles. The Balaban J connectivity index is 1.17. The second kappa shape index (κ2) is 13.7. The molecule has 57 heavy (non-hydrogen) atoms. The van der Waals surface area contributed by atoms with E-state index in [0.717, 1.165) is 39.5 Å². The Morgan fingerprint density at radius 3 is 1.68 bits per heavy atom. The third-order valence-electron chi connectivity index (χ3n) is 11.9. The Morgan fingerprint density at radius 1 is 0.439 bits per heavy atom. The first kappa shape index (κ1) is 35.1. The van der Waals surface area contributed by atoms with Crippen LogP contribution in [0.2, 0.25) is 19.6 Å². The summed E-state index contributed by atoms with van der Waals surface area (Å²) in [5, 5.41) is 8.86. The van der Waals surface area contributed by atoms with Gasteiger partial charge in [0, 0.05) is 34.1 Å². The van der Waals surface area contributed by atoms with Crippen LogP contribution in [-0.4, -0.2) is 14.8 Å². The van der Waals surface area contributed by atoms with Gasteiger partial charge in [0.2, 0.25) is 6.71 Å². The van der Waals surface area contributed by atoms with E-state index in [1.54, 1.807) is 0 Å². The third kappa shape index (κ3) is 6.12. The molecule has 0 radical (unpaired) electrons. The number of benzene rings is 9. The van der Waals surface area contributed by atoms with Gasteiger partial charge in [-0.1, -0.05) is 174 Å². The Labute approximate surface area is 337 Å². The van der Waals surface area contributed by atoms with Crippen molar-refractivity contribution in [3.63, 3.8) is 0 Å². The van der Waals surface area contributed by atoms with E-state index < -0.39 is 8.07 Å². The Bertz CT molecular complexity index is 2920. The second-order valence-corrected chi connectivity index (χ2v) is 21.8. The average molecular weight is 750 g/mol. The fourth-order valence-corrected chi connectivity index (χ4v) is 10.0. The molecule has 1 aliphatic heterocycles. The minimum atomic E-state index is -1.45. The number of hydrogen-bond acceptors (Lipinski definition) is 2. The molecule has 10 rings (SSSR count). The number of para-hydroxylation sites is 1. The van der Waals surface area contributed by atoms with Crippen LogP contribution in [0.1, 0.15) is 11.1 Å². The number of fused-ring (bicyclic) bond motifs is 6. The minimum absolute atomic E-state index is 0.0704. The topological polar surface area (TPSA) is 12.5 Å². The van der Waals surface area contributed by atoms with E-state index in [1.807, 2.05) is 0 Å². The summed E-state index contributed by atoms with van der Waals surface area (Å²) in [4.78, 5) is 2.34. The monoisotopic (exact) mass is 749 g/mol. The van der Waals surface area contributed by atoms with Crippen LogP contribution in [0.15, 0.2) is 176 Å². The first-order chi connectivity index (χ1) is 27.7. The van der Waals surface area contributed by atoms with Crippen LogP contribution < -0.4 is 31.2 Å². The van der Waals surface area contributed by atoms with Crippen LogP contribution in [-0.2, 0) is 0 Å². The summed E-state index contributed by atoms with van der Waals surface area (Å²) in [5.74, 6) is 1.76. The summed E-state index contributed by atoms with van der Waals surface area (Å²) in [6, 6.07) is 65.1. The van der Waals surface area contributed by atoms with Gasteiger partial charge in [-0.3, -0.25) is 0 Å². The minimum Gasteiger partial charge on any atom is -0.456 e. The van der Waals surface area contributed by atoms with Crippen molar-refractivity contribution in [2.45, 2.75) is 33.5 Å². The Hall–Kier alpha value is -6.36. The summed E-state index contributed by atoms with van der Waals surface area (Å²) in [7, 11) is -1.45. The number of anilines is 3. The zero-order valence-electron chi connectivity index (χ0n) is 33.2. The number of hydrogen-bond donors (Lipinski definition) is 0. The highest BCUT2D eigenvalue weighted by atomic mass is 28.3. The Morgan fingerprint density at radius 2 is 1.02 bits per heavy atom. The Kier molecular flexibility index (Phi) is 8.42. The lowest BCUT2D eigenvalue weighted by Gasteiger charge is -2.29. The zero-order chi connectivity index (χ0) is 38.8. The predicted octanol–water partition coefficient (Wildman–Crippen LogP) is 12.1. The highest BCUT2D eigenvalue weighted by molar-refractivity contribution is 6.97. The molecular formula is C53H44BNOSi. The summed E-state index contributed by atoms with van der Waals surface area (Å²) < 4.78 is 6.93. The average Bonchev–Trinajstić information content (AvgIpc) is 3.23. The molecular weight excluding hydrogens is 705 g/mol. The second-order valence-electron chi connectivity index (χ2n) is 16.7. The van der Waals surface area contributed by atoms with Gasteiger partial charge >= 0.3 is 0 Å². The SMILES string of the molecule is Cc1ccc(B(c2ccc(C)cc2)c2cc3c4cccc5c4c(cc3c3ccccc23)-c2ccc(N(c3ccccc3)c3ccc([Si](C)(C)C)cc3)cc2O5)cc1. The lowest BCUT2D eigenvalue weighted by molar-refractivity contribution is 0.487. The highest BCUT2D eigenvalue weighted by Crippen LogP contribution is 2.51. The fourth-order valence-electron chi connectivity index (χ4n) is 8.87. The van der Waals surface area contributed by atoms with Crippen LogP contribution in [0.3, 0.4) is 0 Å². The van der Waals surface area contributed by atoms with Crippen molar-refractivity contribution < 1.29 is 4.74 Å². The van der Waals surface area contributed by atoms with Crippen LogP contribution in [0.25, 0.3) is 43.4 Å². The standard InChI is InChI=1S/C53H44BNOSi/c1-35-18-22-37(23-19-35)54(38-24-20-36(2)21-25-38)50-34-48-46-16-11-17-51-53(46)49(33-47(48)43-14-9-10-15-44(43)50)45-31-28-41(32-52(45)56-51)55(39-12-7-6-8-13-39)40-26-29-42(30-27-40)57(3,4)5/h6-34H,1-5H3. The number of ether oxygens (including phenoxy) is 1. The summed E-state index contributed by atoms with van der Waals surface area (Å²) in [5.41, 5.74) is 12.0. The molecule has 0 saturated heterocycles.